The van der Waals surface area contributed by atoms with Gasteiger partial charge in [0.2, 0.25) is 0 Å². The first kappa shape index (κ1) is 13.3. The summed E-state index contributed by atoms with van der Waals surface area (Å²) in [7, 11) is 0. The fourth-order valence-corrected chi connectivity index (χ4v) is 1.45. The van der Waals surface area contributed by atoms with Crippen LogP contribution in [0, 0.1) is 11.7 Å². The van der Waals surface area contributed by atoms with Gasteiger partial charge in [-0.25, -0.2) is 4.39 Å². The molecule has 0 heterocycles. The molecule has 0 amide bonds. The number of rotatable bonds is 5. The monoisotopic (exact) mass is 245 g/mol. The molecule has 0 fully saturated rings. The van der Waals surface area contributed by atoms with E-state index in [-0.39, 0.29) is 16.9 Å². The summed E-state index contributed by atoms with van der Waals surface area (Å²) in [4.78, 5) is 0. The number of hydrogen-bond donors (Lipinski definition) is 1. The van der Waals surface area contributed by atoms with E-state index in [1.54, 1.807) is 0 Å². The summed E-state index contributed by atoms with van der Waals surface area (Å²) < 4.78 is 18.2. The normalized spacial score (nSPS) is 12.9. The molecule has 0 radical (unpaired) electrons. The van der Waals surface area contributed by atoms with E-state index in [0.717, 1.165) is 6.42 Å². The maximum absolute atomic E-state index is 12.7. The quantitative estimate of drug-likeness (QED) is 0.865. The predicted octanol–water partition coefficient (Wildman–Crippen LogP) is 3.23. The Morgan fingerprint density at radius 1 is 1.44 bits per heavy atom. The van der Waals surface area contributed by atoms with E-state index in [4.69, 9.17) is 22.1 Å². The first-order valence-electron chi connectivity index (χ1n) is 5.34. The van der Waals surface area contributed by atoms with Crippen LogP contribution in [0.3, 0.4) is 0 Å². The van der Waals surface area contributed by atoms with Crippen LogP contribution >= 0.6 is 11.6 Å². The summed E-state index contributed by atoms with van der Waals surface area (Å²) >= 11 is 5.81. The minimum absolute atomic E-state index is 0.110. The van der Waals surface area contributed by atoms with Crippen molar-refractivity contribution in [2.75, 3.05) is 6.61 Å². The molecule has 90 valence electrons. The maximum atomic E-state index is 12.7. The third-order valence-electron chi connectivity index (χ3n) is 2.46. The van der Waals surface area contributed by atoms with Gasteiger partial charge in [0.25, 0.3) is 0 Å². The van der Waals surface area contributed by atoms with Crippen molar-refractivity contribution >= 4 is 11.6 Å². The topological polar surface area (TPSA) is 35.2 Å². The molecule has 1 atom stereocenters. The summed E-state index contributed by atoms with van der Waals surface area (Å²) in [6.07, 6.45) is 0.755. The number of halogens is 2. The predicted molar refractivity (Wildman–Crippen MR) is 64.3 cm³/mol. The van der Waals surface area contributed by atoms with Gasteiger partial charge in [-0.3, -0.25) is 0 Å². The molecule has 0 aliphatic rings. The first-order valence-corrected chi connectivity index (χ1v) is 5.72. The molecule has 0 aliphatic carbocycles. The van der Waals surface area contributed by atoms with Gasteiger partial charge in [-0.05, 0) is 30.5 Å². The molecular weight excluding hydrogens is 229 g/mol. The molecule has 0 aromatic heterocycles. The minimum atomic E-state index is -0.365. The van der Waals surface area contributed by atoms with Gasteiger partial charge in [0.15, 0.2) is 0 Å². The van der Waals surface area contributed by atoms with E-state index in [1.807, 2.05) is 0 Å². The Morgan fingerprint density at radius 3 is 2.69 bits per heavy atom. The largest absolute Gasteiger partial charge is 0.492 e. The van der Waals surface area contributed by atoms with Gasteiger partial charge < -0.3 is 10.5 Å². The van der Waals surface area contributed by atoms with Crippen LogP contribution in [-0.4, -0.2) is 12.6 Å². The van der Waals surface area contributed by atoms with E-state index in [1.165, 1.54) is 18.2 Å². The second-order valence-electron chi connectivity index (χ2n) is 4.12. The van der Waals surface area contributed by atoms with E-state index < -0.39 is 0 Å². The second-order valence-corrected chi connectivity index (χ2v) is 4.53. The van der Waals surface area contributed by atoms with Crippen molar-refractivity contribution in [3.8, 4) is 5.75 Å². The Labute approximate surface area is 101 Å². The maximum Gasteiger partial charge on any atom is 0.138 e. The summed E-state index contributed by atoms with van der Waals surface area (Å²) in [5, 5.41) is 0.290. The van der Waals surface area contributed by atoms with E-state index in [2.05, 4.69) is 13.8 Å². The van der Waals surface area contributed by atoms with Crippen LogP contribution in [-0.2, 0) is 0 Å². The van der Waals surface area contributed by atoms with Gasteiger partial charge in [-0.2, -0.15) is 0 Å². The van der Waals surface area contributed by atoms with Crippen molar-refractivity contribution in [1.82, 2.24) is 0 Å². The molecule has 1 unspecified atom stereocenters. The van der Waals surface area contributed by atoms with Crippen molar-refractivity contribution < 1.29 is 9.13 Å². The van der Waals surface area contributed by atoms with Crippen LogP contribution in [0.5, 0.6) is 5.75 Å². The van der Waals surface area contributed by atoms with Gasteiger partial charge in [-0.1, -0.05) is 25.4 Å². The van der Waals surface area contributed by atoms with Crippen molar-refractivity contribution in [3.63, 3.8) is 0 Å². The Hall–Kier alpha value is -0.800. The highest BCUT2D eigenvalue weighted by Gasteiger charge is 2.08. The van der Waals surface area contributed by atoms with Crippen molar-refractivity contribution in [3.05, 3.63) is 29.0 Å². The average molecular weight is 246 g/mol. The molecular formula is C12H17ClFNO. The highest BCUT2D eigenvalue weighted by Crippen LogP contribution is 2.25. The van der Waals surface area contributed by atoms with Gasteiger partial charge in [0.1, 0.15) is 11.6 Å². The van der Waals surface area contributed by atoms with Crippen molar-refractivity contribution in [1.29, 1.82) is 0 Å². The molecule has 0 aliphatic heterocycles. The fourth-order valence-electron chi connectivity index (χ4n) is 1.23. The average Bonchev–Trinajstić information content (AvgIpc) is 2.20. The molecule has 1 aromatic rings. The fraction of sp³-hybridized carbons (Fsp3) is 0.500. The molecule has 2 N–H and O–H groups in total. The van der Waals surface area contributed by atoms with Gasteiger partial charge >= 0.3 is 0 Å². The molecule has 0 saturated heterocycles. The Bertz CT molecular complexity index is 344. The van der Waals surface area contributed by atoms with E-state index in [9.17, 15) is 4.39 Å². The highest BCUT2D eigenvalue weighted by molar-refractivity contribution is 6.32. The zero-order chi connectivity index (χ0) is 12.1. The lowest BCUT2D eigenvalue weighted by Gasteiger charge is -2.16. The molecule has 4 heteroatoms. The first-order chi connectivity index (χ1) is 7.50. The van der Waals surface area contributed by atoms with Crippen LogP contribution in [0.2, 0.25) is 5.02 Å². The molecule has 0 saturated carbocycles. The molecule has 16 heavy (non-hydrogen) atoms. The Kier molecular flexibility index (Phi) is 5.03. The zero-order valence-corrected chi connectivity index (χ0v) is 10.3. The van der Waals surface area contributed by atoms with Gasteiger partial charge in [-0.15, -0.1) is 0 Å². The van der Waals surface area contributed by atoms with Gasteiger partial charge in [0.05, 0.1) is 11.6 Å². The third kappa shape index (κ3) is 3.99. The number of hydrogen-bond acceptors (Lipinski definition) is 2. The number of ether oxygens (including phenoxy) is 1. The zero-order valence-electron chi connectivity index (χ0n) is 9.54. The molecule has 2 nitrogen and oxygen atoms in total. The lowest BCUT2D eigenvalue weighted by atomic mass is 10.0. The van der Waals surface area contributed by atoms with Crippen LogP contribution in [0.25, 0.3) is 0 Å². The van der Waals surface area contributed by atoms with Crippen molar-refractivity contribution in [2.24, 2.45) is 11.7 Å². The summed E-state index contributed by atoms with van der Waals surface area (Å²) in [6, 6.07) is 4.20. The van der Waals surface area contributed by atoms with Crippen LogP contribution < -0.4 is 10.5 Å². The lowest BCUT2D eigenvalue weighted by molar-refractivity contribution is 0.282. The minimum Gasteiger partial charge on any atom is -0.492 e. The third-order valence-corrected chi connectivity index (χ3v) is 2.75. The second kappa shape index (κ2) is 6.06. The van der Waals surface area contributed by atoms with Crippen molar-refractivity contribution in [2.45, 2.75) is 26.3 Å². The smallest absolute Gasteiger partial charge is 0.138 e. The van der Waals surface area contributed by atoms with E-state index in [0.29, 0.717) is 18.3 Å². The SMILES string of the molecule is CC(C)C(N)CCOc1ccc(F)cc1Cl. The number of nitrogens with two attached hydrogens (primary N) is 1. The summed E-state index contributed by atoms with van der Waals surface area (Å²) in [5.41, 5.74) is 5.87. The Morgan fingerprint density at radius 2 is 2.12 bits per heavy atom. The van der Waals surface area contributed by atoms with Crippen LogP contribution in [0.4, 0.5) is 4.39 Å². The van der Waals surface area contributed by atoms with Gasteiger partial charge in [0, 0.05) is 6.04 Å². The molecule has 1 aromatic carbocycles. The number of benzene rings is 1. The standard InChI is InChI=1S/C12H17ClFNO/c1-8(2)11(15)5-6-16-12-4-3-9(14)7-10(12)13/h3-4,7-8,11H,5-6,15H2,1-2H3. The van der Waals surface area contributed by atoms with Crippen LogP contribution in [0.15, 0.2) is 18.2 Å². The lowest BCUT2D eigenvalue weighted by Crippen LogP contribution is -2.28. The van der Waals surface area contributed by atoms with Crippen LogP contribution in [0.1, 0.15) is 20.3 Å². The molecule has 0 spiro atoms. The molecule has 1 rings (SSSR count). The highest BCUT2D eigenvalue weighted by atomic mass is 35.5. The summed E-state index contributed by atoms with van der Waals surface area (Å²) in [6.45, 7) is 4.62. The summed E-state index contributed by atoms with van der Waals surface area (Å²) in [5.74, 6) is 0.558. The Balaban J connectivity index is 2.43. The van der Waals surface area contributed by atoms with E-state index >= 15 is 0 Å². The molecule has 0 bridgehead atoms.